The summed E-state index contributed by atoms with van der Waals surface area (Å²) in [6, 6.07) is 6.86. The number of rotatable bonds is 18. The normalized spacial score (nSPS) is 17.4. The Kier molecular flexibility index (Phi) is 15.3. The van der Waals surface area contributed by atoms with Crippen molar-refractivity contribution in [2.75, 3.05) is 13.2 Å². The average Bonchev–Trinajstić information content (AvgIpc) is 2.95. The molecule has 236 valence electrons. The quantitative estimate of drug-likeness (QED) is 0.151. The van der Waals surface area contributed by atoms with Gasteiger partial charge in [0.05, 0.1) is 18.2 Å². The molecule has 3 amide bonds. The molecular formula is C31H49N3O8. The molecule has 0 heterocycles. The van der Waals surface area contributed by atoms with Crippen LogP contribution in [0, 0.1) is 17.8 Å². The second-order valence-corrected chi connectivity index (χ2v) is 11.8. The predicted molar refractivity (Wildman–Crippen MR) is 158 cm³/mol. The highest BCUT2D eigenvalue weighted by Crippen LogP contribution is 2.29. The van der Waals surface area contributed by atoms with Gasteiger partial charge in [-0.15, -0.1) is 0 Å². The molecular weight excluding hydrogens is 542 g/mol. The highest BCUT2D eigenvalue weighted by molar-refractivity contribution is 5.88. The van der Waals surface area contributed by atoms with Crippen LogP contribution < -0.4 is 20.7 Å². The van der Waals surface area contributed by atoms with Crippen molar-refractivity contribution in [3.05, 3.63) is 30.3 Å². The zero-order valence-corrected chi connectivity index (χ0v) is 25.1. The lowest BCUT2D eigenvalue weighted by atomic mass is 9.81. The Labute approximate surface area is 248 Å². The number of aliphatic carboxylic acids is 1. The van der Waals surface area contributed by atoms with Crippen LogP contribution in [0.2, 0.25) is 0 Å². The first-order chi connectivity index (χ1) is 20.0. The minimum absolute atomic E-state index is 0.0953. The van der Waals surface area contributed by atoms with Gasteiger partial charge in [0, 0.05) is 18.9 Å². The van der Waals surface area contributed by atoms with E-state index in [1.807, 2.05) is 19.9 Å². The molecule has 11 nitrogen and oxygen atoms in total. The fraction of sp³-hybridized carbons (Fsp3) is 0.677. The van der Waals surface area contributed by atoms with Gasteiger partial charge in [-0.3, -0.25) is 19.2 Å². The fourth-order valence-corrected chi connectivity index (χ4v) is 5.30. The van der Waals surface area contributed by atoms with Crippen LogP contribution in [0.3, 0.4) is 0 Å². The van der Waals surface area contributed by atoms with E-state index in [1.165, 1.54) is 0 Å². The van der Waals surface area contributed by atoms with Gasteiger partial charge in [-0.25, -0.2) is 0 Å². The van der Waals surface area contributed by atoms with Crippen LogP contribution in [0.5, 0.6) is 5.75 Å². The van der Waals surface area contributed by atoms with Gasteiger partial charge in [-0.1, -0.05) is 64.2 Å². The third-order valence-corrected chi connectivity index (χ3v) is 7.72. The Morgan fingerprint density at radius 1 is 0.952 bits per heavy atom. The molecule has 11 heteroatoms. The van der Waals surface area contributed by atoms with Crippen molar-refractivity contribution in [1.29, 1.82) is 0 Å². The van der Waals surface area contributed by atoms with E-state index < -0.39 is 48.0 Å². The van der Waals surface area contributed by atoms with Gasteiger partial charge < -0.3 is 36.0 Å². The standard InChI is InChI=1S/C31H49N3O8/c1-20(2)24(30(40)32-18-21(3)35)17-27(36)26(16-22-10-6-4-7-11-22)34-31(41)25(14-15-29(38)39)33-28(37)19-42-23-12-8-5-9-13-23/h5,8-9,12-13,20-22,24-27,35-36H,4,6-7,10-11,14-19H2,1-3H3,(H,32,40)(H,33,37)(H,34,41)(H,38,39). The van der Waals surface area contributed by atoms with Gasteiger partial charge in [0.2, 0.25) is 11.8 Å². The summed E-state index contributed by atoms with van der Waals surface area (Å²) >= 11 is 0. The summed E-state index contributed by atoms with van der Waals surface area (Å²) in [5.41, 5.74) is 0. The molecule has 5 unspecified atom stereocenters. The van der Waals surface area contributed by atoms with E-state index in [2.05, 4.69) is 16.0 Å². The maximum Gasteiger partial charge on any atom is 0.303 e. The monoisotopic (exact) mass is 591 g/mol. The molecule has 1 aromatic carbocycles. The van der Waals surface area contributed by atoms with E-state index in [9.17, 15) is 34.5 Å². The summed E-state index contributed by atoms with van der Waals surface area (Å²) < 4.78 is 5.46. The van der Waals surface area contributed by atoms with Crippen LogP contribution >= 0.6 is 0 Å². The molecule has 0 saturated heterocycles. The predicted octanol–water partition coefficient (Wildman–Crippen LogP) is 2.39. The largest absolute Gasteiger partial charge is 0.484 e. The molecule has 1 saturated carbocycles. The average molecular weight is 592 g/mol. The highest BCUT2D eigenvalue weighted by Gasteiger charge is 2.33. The molecule has 5 atom stereocenters. The Hall–Kier alpha value is -3.18. The van der Waals surface area contributed by atoms with E-state index >= 15 is 0 Å². The van der Waals surface area contributed by atoms with Crippen molar-refractivity contribution in [3.63, 3.8) is 0 Å². The van der Waals surface area contributed by atoms with Crippen molar-refractivity contribution in [2.45, 2.75) is 103 Å². The molecule has 6 N–H and O–H groups in total. The van der Waals surface area contributed by atoms with Crippen molar-refractivity contribution in [3.8, 4) is 5.75 Å². The maximum atomic E-state index is 13.5. The summed E-state index contributed by atoms with van der Waals surface area (Å²) in [5, 5.41) is 38.4. The van der Waals surface area contributed by atoms with E-state index in [-0.39, 0.29) is 50.2 Å². The third kappa shape index (κ3) is 13.2. The highest BCUT2D eigenvalue weighted by atomic mass is 16.5. The molecule has 42 heavy (non-hydrogen) atoms. The van der Waals surface area contributed by atoms with Crippen molar-refractivity contribution < 1.29 is 39.2 Å². The minimum atomic E-state index is -1.15. The van der Waals surface area contributed by atoms with E-state index in [0.717, 1.165) is 32.1 Å². The third-order valence-electron chi connectivity index (χ3n) is 7.72. The Bertz CT molecular complexity index is 982. The lowest BCUT2D eigenvalue weighted by Gasteiger charge is -2.33. The van der Waals surface area contributed by atoms with Gasteiger partial charge >= 0.3 is 5.97 Å². The second-order valence-electron chi connectivity index (χ2n) is 11.8. The first-order valence-electron chi connectivity index (χ1n) is 15.1. The van der Waals surface area contributed by atoms with Crippen LogP contribution in [0.4, 0.5) is 0 Å². The number of carbonyl (C=O) groups is 4. The molecule has 2 rings (SSSR count). The maximum absolute atomic E-state index is 13.5. The molecule has 0 bridgehead atoms. The lowest BCUT2D eigenvalue weighted by Crippen LogP contribution is -2.54. The Balaban J connectivity index is 2.15. The molecule has 1 fully saturated rings. The van der Waals surface area contributed by atoms with Crippen LogP contribution in [0.25, 0.3) is 0 Å². The number of amides is 3. The first kappa shape index (κ1) is 35.0. The number of nitrogens with one attached hydrogen (secondary N) is 3. The van der Waals surface area contributed by atoms with Crippen molar-refractivity contribution in [1.82, 2.24) is 16.0 Å². The summed E-state index contributed by atoms with van der Waals surface area (Å²) in [6.45, 7) is 5.07. The summed E-state index contributed by atoms with van der Waals surface area (Å²) in [5.74, 6) is -2.46. The number of aliphatic hydroxyl groups excluding tert-OH is 2. The molecule has 0 radical (unpaired) electrons. The van der Waals surface area contributed by atoms with Crippen molar-refractivity contribution >= 4 is 23.7 Å². The molecule has 0 aromatic heterocycles. The Morgan fingerprint density at radius 2 is 1.62 bits per heavy atom. The summed E-state index contributed by atoms with van der Waals surface area (Å²) in [6.07, 6.45) is 3.57. The number of benzene rings is 1. The topological polar surface area (TPSA) is 174 Å². The Morgan fingerprint density at radius 3 is 2.21 bits per heavy atom. The summed E-state index contributed by atoms with van der Waals surface area (Å²) in [7, 11) is 0. The van der Waals surface area contributed by atoms with Gasteiger partial charge in [-0.2, -0.15) is 0 Å². The molecule has 1 aromatic rings. The number of ether oxygens (including phenoxy) is 1. The number of hydrogen-bond acceptors (Lipinski definition) is 7. The lowest BCUT2D eigenvalue weighted by molar-refractivity contribution is -0.138. The molecule has 0 aliphatic heterocycles. The number of hydrogen-bond donors (Lipinski definition) is 6. The number of carboxylic acid groups (broad SMARTS) is 1. The van der Waals surface area contributed by atoms with Gasteiger partial charge in [-0.05, 0) is 50.2 Å². The van der Waals surface area contributed by atoms with Crippen molar-refractivity contribution in [2.24, 2.45) is 17.8 Å². The van der Waals surface area contributed by atoms with Gasteiger partial charge in [0.15, 0.2) is 6.61 Å². The molecule has 1 aliphatic carbocycles. The smallest absolute Gasteiger partial charge is 0.303 e. The first-order valence-corrected chi connectivity index (χ1v) is 15.1. The van der Waals surface area contributed by atoms with Crippen LogP contribution in [-0.2, 0) is 19.2 Å². The van der Waals surface area contributed by atoms with E-state index in [4.69, 9.17) is 4.74 Å². The number of aliphatic hydroxyl groups is 2. The number of carboxylic acids is 1. The van der Waals surface area contributed by atoms with E-state index in [0.29, 0.717) is 12.2 Å². The zero-order chi connectivity index (χ0) is 31.1. The van der Waals surface area contributed by atoms with Crippen LogP contribution in [-0.4, -0.2) is 76.5 Å². The SMILES string of the molecule is CC(O)CNC(=O)C(CC(O)C(CC1CCCCC1)NC(=O)C(CCC(=O)O)NC(=O)COc1ccccc1)C(C)C. The van der Waals surface area contributed by atoms with Crippen LogP contribution in [0.15, 0.2) is 30.3 Å². The zero-order valence-electron chi connectivity index (χ0n) is 25.1. The van der Waals surface area contributed by atoms with Gasteiger partial charge in [0.25, 0.3) is 5.91 Å². The molecule has 1 aliphatic rings. The molecule has 0 spiro atoms. The second kappa shape index (κ2) is 18.4. The number of para-hydroxylation sites is 1. The van der Waals surface area contributed by atoms with Gasteiger partial charge in [0.1, 0.15) is 11.8 Å². The minimum Gasteiger partial charge on any atom is -0.484 e. The number of carbonyl (C=O) groups excluding carboxylic acids is 3. The van der Waals surface area contributed by atoms with Crippen LogP contribution in [0.1, 0.15) is 78.6 Å². The van der Waals surface area contributed by atoms with E-state index in [1.54, 1.807) is 31.2 Å². The summed E-state index contributed by atoms with van der Waals surface area (Å²) in [4.78, 5) is 50.3. The fourth-order valence-electron chi connectivity index (χ4n) is 5.30.